The molecule has 0 saturated heterocycles. The molecule has 2 aliphatic rings. The number of thioether (sulfide) groups is 1. The maximum Gasteiger partial charge on any atom is 0.189 e. The highest BCUT2D eigenvalue weighted by Gasteiger charge is 2.71. The zero-order valence-corrected chi connectivity index (χ0v) is 24.8. The molecule has 206 valence electrons. The molecular formula is C39H32O2S. The van der Waals surface area contributed by atoms with E-state index in [0.717, 1.165) is 38.5 Å². The summed E-state index contributed by atoms with van der Waals surface area (Å²) in [6.45, 7) is 6.65. The fraction of sp³-hybridized carbons (Fsp3) is 0.154. The fourth-order valence-corrected chi connectivity index (χ4v) is 8.07. The third-order valence-electron chi connectivity index (χ3n) is 8.47. The van der Waals surface area contributed by atoms with Crippen LogP contribution in [0.25, 0.3) is 11.1 Å². The normalized spacial score (nSPS) is 21.5. The summed E-state index contributed by atoms with van der Waals surface area (Å²) in [6.07, 6.45) is 0. The second-order valence-electron chi connectivity index (χ2n) is 12.0. The van der Waals surface area contributed by atoms with Gasteiger partial charge in [0.2, 0.25) is 0 Å². The van der Waals surface area contributed by atoms with E-state index in [-0.39, 0.29) is 11.2 Å². The molecule has 1 aliphatic heterocycles. The minimum Gasteiger partial charge on any atom is -0.474 e. The molecule has 7 rings (SSSR count). The van der Waals surface area contributed by atoms with Gasteiger partial charge in [-0.15, -0.1) is 0 Å². The molecule has 0 spiro atoms. The summed E-state index contributed by atoms with van der Waals surface area (Å²) in [5, 5.41) is 0. The topological polar surface area (TPSA) is 26.3 Å². The number of Topliss-reactive ketones (excluding diaryl/α,β-unsaturated/α-hetero) is 1. The first-order valence-electron chi connectivity index (χ1n) is 14.4. The van der Waals surface area contributed by atoms with Gasteiger partial charge in [0.05, 0.1) is 4.90 Å². The number of carbonyl (C=O) groups is 1. The molecule has 0 saturated carbocycles. The molecule has 1 heterocycles. The molecule has 42 heavy (non-hydrogen) atoms. The van der Waals surface area contributed by atoms with Gasteiger partial charge in [0, 0.05) is 16.7 Å². The molecule has 2 unspecified atom stereocenters. The van der Waals surface area contributed by atoms with E-state index >= 15 is 4.79 Å². The van der Waals surface area contributed by atoms with Crippen molar-refractivity contribution in [1.29, 1.82) is 0 Å². The Kier molecular flexibility index (Phi) is 6.25. The van der Waals surface area contributed by atoms with Gasteiger partial charge in [-0.25, -0.2) is 0 Å². The molecule has 5 aromatic rings. The van der Waals surface area contributed by atoms with Crippen LogP contribution < -0.4 is 4.74 Å². The van der Waals surface area contributed by atoms with Crippen molar-refractivity contribution in [2.75, 3.05) is 0 Å². The van der Waals surface area contributed by atoms with Crippen LogP contribution in [-0.4, -0.2) is 5.78 Å². The summed E-state index contributed by atoms with van der Waals surface area (Å²) < 4.78 is 6.33. The van der Waals surface area contributed by atoms with Crippen LogP contribution in [0.3, 0.4) is 0 Å². The number of rotatable bonds is 4. The number of allylic oxidation sites excluding steroid dienone is 1. The lowest BCUT2D eigenvalue weighted by atomic mass is 9.73. The van der Waals surface area contributed by atoms with Crippen LogP contribution in [0.5, 0.6) is 5.75 Å². The first-order chi connectivity index (χ1) is 20.4. The van der Waals surface area contributed by atoms with Gasteiger partial charge in [-0.3, -0.25) is 4.79 Å². The number of carbonyl (C=O) groups excluding carboxylic acids is 1. The molecule has 2 atom stereocenters. The Balaban J connectivity index is 1.65. The molecular weight excluding hydrogens is 532 g/mol. The number of hydrogen-bond donors (Lipinski definition) is 0. The monoisotopic (exact) mass is 564 g/mol. The number of hydrogen-bond acceptors (Lipinski definition) is 3. The molecule has 0 aromatic heterocycles. The van der Waals surface area contributed by atoms with Crippen molar-refractivity contribution in [3.63, 3.8) is 0 Å². The van der Waals surface area contributed by atoms with Gasteiger partial charge in [-0.2, -0.15) is 0 Å². The van der Waals surface area contributed by atoms with Crippen LogP contribution >= 0.6 is 11.8 Å². The third kappa shape index (κ3) is 3.84. The number of ketones is 1. The molecule has 0 radical (unpaired) electrons. The zero-order chi connectivity index (χ0) is 29.0. The number of ether oxygens (including phenoxy) is 1. The van der Waals surface area contributed by atoms with E-state index < -0.39 is 10.3 Å². The van der Waals surface area contributed by atoms with Gasteiger partial charge in [0.1, 0.15) is 5.75 Å². The summed E-state index contributed by atoms with van der Waals surface area (Å²) in [7, 11) is 0. The molecule has 0 N–H and O–H groups in total. The Morgan fingerprint density at radius 1 is 0.619 bits per heavy atom. The van der Waals surface area contributed by atoms with Crippen molar-refractivity contribution in [1.82, 2.24) is 0 Å². The molecule has 5 aromatic carbocycles. The van der Waals surface area contributed by atoms with Crippen LogP contribution in [0.1, 0.15) is 48.6 Å². The van der Waals surface area contributed by atoms with E-state index in [0.29, 0.717) is 5.57 Å². The molecule has 2 nitrogen and oxygen atoms in total. The predicted molar refractivity (Wildman–Crippen MR) is 173 cm³/mol. The van der Waals surface area contributed by atoms with Crippen molar-refractivity contribution in [2.24, 2.45) is 0 Å². The Morgan fingerprint density at radius 3 is 1.71 bits per heavy atom. The minimum atomic E-state index is -1.14. The SMILES string of the molecule is CC(C)(C)c1ccc2c(c1)SC1(c3ccccc3)C(=O)C(c3ccccc3)=C(c3ccccc3)C1(c1ccccc1)O2. The highest BCUT2D eigenvalue weighted by molar-refractivity contribution is 8.01. The third-order valence-corrected chi connectivity index (χ3v) is 10.0. The zero-order valence-electron chi connectivity index (χ0n) is 24.0. The van der Waals surface area contributed by atoms with Gasteiger partial charge in [0.25, 0.3) is 0 Å². The van der Waals surface area contributed by atoms with Crippen LogP contribution in [-0.2, 0) is 20.6 Å². The van der Waals surface area contributed by atoms with E-state index in [1.54, 1.807) is 11.8 Å². The smallest absolute Gasteiger partial charge is 0.189 e. The maximum absolute atomic E-state index is 15.6. The van der Waals surface area contributed by atoms with Crippen LogP contribution in [0, 0.1) is 0 Å². The molecule has 0 amide bonds. The Bertz CT molecular complexity index is 1810. The molecule has 1 aliphatic carbocycles. The lowest BCUT2D eigenvalue weighted by molar-refractivity contribution is -0.119. The molecule has 0 bridgehead atoms. The highest BCUT2D eigenvalue weighted by atomic mass is 32.2. The first-order valence-corrected chi connectivity index (χ1v) is 15.2. The van der Waals surface area contributed by atoms with Crippen molar-refractivity contribution < 1.29 is 9.53 Å². The van der Waals surface area contributed by atoms with E-state index in [2.05, 4.69) is 75.4 Å². The largest absolute Gasteiger partial charge is 0.474 e. The summed E-state index contributed by atoms with van der Waals surface area (Å²) >= 11 is 1.64. The lowest BCUT2D eigenvalue weighted by Crippen LogP contribution is -2.54. The van der Waals surface area contributed by atoms with E-state index in [1.165, 1.54) is 5.56 Å². The van der Waals surface area contributed by atoms with E-state index in [4.69, 9.17) is 4.74 Å². The fourth-order valence-electron chi connectivity index (χ4n) is 6.49. The number of benzene rings is 5. The van der Waals surface area contributed by atoms with Crippen molar-refractivity contribution in [3.05, 3.63) is 167 Å². The molecule has 0 fully saturated rings. The standard InChI is InChI=1S/C39H32O2S/c1-37(2,3)31-24-25-32-33(26-31)42-39(30-22-14-7-15-23-30)36(40)34(27-16-8-4-9-17-27)35(28-18-10-5-11-19-28)38(39,41-32)29-20-12-6-13-21-29/h4-26H,1-3H3. The lowest BCUT2D eigenvalue weighted by Gasteiger charge is -2.50. The average Bonchev–Trinajstić information content (AvgIpc) is 3.26. The van der Waals surface area contributed by atoms with Crippen molar-refractivity contribution >= 4 is 28.7 Å². The summed E-state index contributed by atoms with van der Waals surface area (Å²) in [5.74, 6) is 0.846. The van der Waals surface area contributed by atoms with E-state index in [1.807, 2.05) is 84.9 Å². The highest BCUT2D eigenvalue weighted by Crippen LogP contribution is 2.70. The average molecular weight is 565 g/mol. The van der Waals surface area contributed by atoms with Gasteiger partial charge in [0.15, 0.2) is 16.1 Å². The van der Waals surface area contributed by atoms with Crippen LogP contribution in [0.4, 0.5) is 0 Å². The summed E-state index contributed by atoms with van der Waals surface area (Å²) in [6, 6.07) is 47.4. The summed E-state index contributed by atoms with van der Waals surface area (Å²) in [5.41, 5.74) is 5.36. The summed E-state index contributed by atoms with van der Waals surface area (Å²) in [4.78, 5) is 16.5. The maximum atomic E-state index is 15.6. The van der Waals surface area contributed by atoms with Gasteiger partial charge in [-0.05, 0) is 39.8 Å². The van der Waals surface area contributed by atoms with Gasteiger partial charge >= 0.3 is 0 Å². The van der Waals surface area contributed by atoms with Gasteiger partial charge in [-0.1, -0.05) is 160 Å². The second kappa shape index (κ2) is 9.89. The Labute approximate surface area is 252 Å². The van der Waals surface area contributed by atoms with Gasteiger partial charge < -0.3 is 4.74 Å². The second-order valence-corrected chi connectivity index (χ2v) is 13.3. The van der Waals surface area contributed by atoms with Crippen LogP contribution in [0.2, 0.25) is 0 Å². The molecule has 3 heteroatoms. The Morgan fingerprint density at radius 2 is 1.14 bits per heavy atom. The first kappa shape index (κ1) is 26.6. The van der Waals surface area contributed by atoms with Crippen molar-refractivity contribution in [2.45, 2.75) is 41.4 Å². The van der Waals surface area contributed by atoms with Crippen molar-refractivity contribution in [3.8, 4) is 5.75 Å². The van der Waals surface area contributed by atoms with Crippen LogP contribution in [0.15, 0.2) is 144 Å². The quantitative estimate of drug-likeness (QED) is 0.217. The predicted octanol–water partition coefficient (Wildman–Crippen LogP) is 9.45. The number of fused-ring (bicyclic) bond motifs is 2. The Hall–Kier alpha value is -4.34. The minimum absolute atomic E-state index is 0.0498. The van der Waals surface area contributed by atoms with E-state index in [9.17, 15) is 0 Å².